The molecule has 3 rings (SSSR count). The summed E-state index contributed by atoms with van der Waals surface area (Å²) in [5, 5.41) is 3.56. The number of benzene rings is 1. The summed E-state index contributed by atoms with van der Waals surface area (Å²) in [5.41, 5.74) is 0.820. The number of nitrogens with one attached hydrogen (secondary N) is 1. The summed E-state index contributed by atoms with van der Waals surface area (Å²) in [4.78, 5) is 23.1. The maximum absolute atomic E-state index is 12.2. The summed E-state index contributed by atoms with van der Waals surface area (Å²) >= 11 is 11.8. The third-order valence-electron chi connectivity index (χ3n) is 4.16. The van der Waals surface area contributed by atoms with Crippen molar-refractivity contribution >= 4 is 40.6 Å². The van der Waals surface area contributed by atoms with Crippen molar-refractivity contribution in [1.82, 2.24) is 9.97 Å². The van der Waals surface area contributed by atoms with Gasteiger partial charge in [0.1, 0.15) is 11.5 Å². The van der Waals surface area contributed by atoms with E-state index in [0.717, 1.165) is 37.7 Å². The standard InChI is InChI=1S/C17H18Cl2N4O/c1-11-4-6-23(7-5-11)16-10-20-15(9-21-16)17(24)22-12-2-3-13(18)14(19)8-12/h2-3,8-11H,4-7H2,1H3,(H,22,24). The molecule has 1 aliphatic rings. The Kier molecular flexibility index (Phi) is 5.21. The Morgan fingerprint density at radius 3 is 2.54 bits per heavy atom. The number of aromatic nitrogens is 2. The van der Waals surface area contributed by atoms with Crippen molar-refractivity contribution in [3.63, 3.8) is 0 Å². The lowest BCUT2D eigenvalue weighted by molar-refractivity contribution is 0.102. The average molecular weight is 365 g/mol. The monoisotopic (exact) mass is 364 g/mol. The molecule has 0 unspecified atom stereocenters. The van der Waals surface area contributed by atoms with E-state index in [-0.39, 0.29) is 11.6 Å². The van der Waals surface area contributed by atoms with Gasteiger partial charge in [-0.15, -0.1) is 0 Å². The first kappa shape index (κ1) is 17.0. The molecule has 5 nitrogen and oxygen atoms in total. The summed E-state index contributed by atoms with van der Waals surface area (Å²) in [6.45, 7) is 4.22. The largest absolute Gasteiger partial charge is 0.355 e. The SMILES string of the molecule is CC1CCN(c2cnc(C(=O)Nc3ccc(Cl)c(Cl)c3)cn2)CC1. The van der Waals surface area contributed by atoms with Crippen LogP contribution in [0.5, 0.6) is 0 Å². The van der Waals surface area contributed by atoms with E-state index < -0.39 is 0 Å². The first-order chi connectivity index (χ1) is 11.5. The van der Waals surface area contributed by atoms with Crippen LogP contribution < -0.4 is 10.2 Å². The van der Waals surface area contributed by atoms with E-state index in [2.05, 4.69) is 27.1 Å². The summed E-state index contributed by atoms with van der Waals surface area (Å²) in [5.74, 6) is 1.23. The molecule has 1 amide bonds. The van der Waals surface area contributed by atoms with Crippen LogP contribution in [0, 0.1) is 5.92 Å². The van der Waals surface area contributed by atoms with E-state index in [9.17, 15) is 4.79 Å². The van der Waals surface area contributed by atoms with E-state index in [1.165, 1.54) is 6.20 Å². The third-order valence-corrected chi connectivity index (χ3v) is 4.89. The van der Waals surface area contributed by atoms with Crippen LogP contribution in [0.25, 0.3) is 0 Å². The highest BCUT2D eigenvalue weighted by atomic mass is 35.5. The molecule has 2 aromatic rings. The number of hydrogen-bond donors (Lipinski definition) is 1. The number of amides is 1. The number of carbonyl (C=O) groups excluding carboxylic acids is 1. The minimum absolute atomic E-state index is 0.259. The highest BCUT2D eigenvalue weighted by Gasteiger charge is 2.18. The molecule has 0 spiro atoms. The summed E-state index contributed by atoms with van der Waals surface area (Å²) in [6.07, 6.45) is 5.46. The van der Waals surface area contributed by atoms with Gasteiger partial charge in [0.05, 0.1) is 22.4 Å². The topological polar surface area (TPSA) is 58.1 Å². The van der Waals surface area contributed by atoms with Crippen LogP contribution in [-0.4, -0.2) is 29.0 Å². The fraction of sp³-hybridized carbons (Fsp3) is 0.353. The van der Waals surface area contributed by atoms with Crippen LogP contribution in [0.3, 0.4) is 0 Å². The maximum atomic E-state index is 12.2. The van der Waals surface area contributed by atoms with Gasteiger partial charge in [0, 0.05) is 18.8 Å². The average Bonchev–Trinajstić information content (AvgIpc) is 2.59. The van der Waals surface area contributed by atoms with Gasteiger partial charge in [-0.3, -0.25) is 4.79 Å². The number of hydrogen-bond acceptors (Lipinski definition) is 4. The number of carbonyl (C=O) groups is 1. The second-order valence-electron chi connectivity index (χ2n) is 6.01. The number of anilines is 2. The van der Waals surface area contributed by atoms with Crippen molar-refractivity contribution in [2.24, 2.45) is 5.92 Å². The fourth-order valence-electron chi connectivity index (χ4n) is 2.61. The number of halogens is 2. The minimum Gasteiger partial charge on any atom is -0.355 e. The van der Waals surface area contributed by atoms with Crippen LogP contribution in [-0.2, 0) is 0 Å². The molecule has 1 N–H and O–H groups in total. The van der Waals surface area contributed by atoms with Gasteiger partial charge in [0.15, 0.2) is 0 Å². The van der Waals surface area contributed by atoms with E-state index in [0.29, 0.717) is 15.7 Å². The predicted octanol–water partition coefficient (Wildman–Crippen LogP) is 4.27. The lowest BCUT2D eigenvalue weighted by Gasteiger charge is -2.30. The maximum Gasteiger partial charge on any atom is 0.275 e. The van der Waals surface area contributed by atoms with E-state index in [1.54, 1.807) is 24.4 Å². The smallest absolute Gasteiger partial charge is 0.275 e. The Morgan fingerprint density at radius 1 is 1.17 bits per heavy atom. The molecule has 0 aliphatic carbocycles. The molecule has 1 saturated heterocycles. The molecule has 126 valence electrons. The van der Waals surface area contributed by atoms with Gasteiger partial charge in [-0.2, -0.15) is 0 Å². The van der Waals surface area contributed by atoms with Crippen molar-refractivity contribution in [3.8, 4) is 0 Å². The predicted molar refractivity (Wildman–Crippen MR) is 97.1 cm³/mol. The highest BCUT2D eigenvalue weighted by Crippen LogP contribution is 2.25. The quantitative estimate of drug-likeness (QED) is 0.883. The molecular weight excluding hydrogens is 347 g/mol. The number of rotatable bonds is 3. The van der Waals surface area contributed by atoms with Crippen molar-refractivity contribution in [2.45, 2.75) is 19.8 Å². The molecule has 24 heavy (non-hydrogen) atoms. The van der Waals surface area contributed by atoms with Crippen molar-refractivity contribution in [1.29, 1.82) is 0 Å². The Hall–Kier alpha value is -1.85. The second-order valence-corrected chi connectivity index (χ2v) is 6.83. The zero-order chi connectivity index (χ0) is 17.1. The zero-order valence-corrected chi connectivity index (χ0v) is 14.8. The third kappa shape index (κ3) is 3.97. The van der Waals surface area contributed by atoms with Crippen LogP contribution in [0.4, 0.5) is 11.5 Å². The van der Waals surface area contributed by atoms with E-state index >= 15 is 0 Å². The molecule has 0 bridgehead atoms. The van der Waals surface area contributed by atoms with Gasteiger partial charge in [0.25, 0.3) is 5.91 Å². The second kappa shape index (κ2) is 7.36. The van der Waals surface area contributed by atoms with Crippen molar-refractivity contribution < 1.29 is 4.79 Å². The Balaban J connectivity index is 1.66. The molecule has 1 aromatic heterocycles. The van der Waals surface area contributed by atoms with Gasteiger partial charge in [-0.25, -0.2) is 9.97 Å². The molecule has 7 heteroatoms. The van der Waals surface area contributed by atoms with Crippen LogP contribution in [0.2, 0.25) is 10.0 Å². The number of nitrogens with zero attached hydrogens (tertiary/aromatic N) is 3. The van der Waals surface area contributed by atoms with Crippen LogP contribution in [0.15, 0.2) is 30.6 Å². The molecule has 2 heterocycles. The molecule has 0 radical (unpaired) electrons. The number of piperidine rings is 1. The molecular formula is C17H18Cl2N4O. The molecule has 0 saturated carbocycles. The van der Waals surface area contributed by atoms with Gasteiger partial charge < -0.3 is 10.2 Å². The van der Waals surface area contributed by atoms with Crippen LogP contribution >= 0.6 is 23.2 Å². The Bertz CT molecular complexity index is 728. The van der Waals surface area contributed by atoms with Crippen molar-refractivity contribution in [2.75, 3.05) is 23.3 Å². The normalized spacial score (nSPS) is 15.4. The van der Waals surface area contributed by atoms with Gasteiger partial charge in [-0.05, 0) is 37.0 Å². The minimum atomic E-state index is -0.334. The molecule has 1 aliphatic heterocycles. The van der Waals surface area contributed by atoms with E-state index in [4.69, 9.17) is 23.2 Å². The van der Waals surface area contributed by atoms with Gasteiger partial charge >= 0.3 is 0 Å². The summed E-state index contributed by atoms with van der Waals surface area (Å²) in [7, 11) is 0. The van der Waals surface area contributed by atoms with E-state index in [1.807, 2.05) is 0 Å². The van der Waals surface area contributed by atoms with Gasteiger partial charge in [-0.1, -0.05) is 30.1 Å². The molecule has 1 aromatic carbocycles. The lowest BCUT2D eigenvalue weighted by atomic mass is 9.99. The fourth-order valence-corrected chi connectivity index (χ4v) is 2.91. The Labute approximate surface area is 151 Å². The first-order valence-corrected chi connectivity index (χ1v) is 8.62. The summed E-state index contributed by atoms with van der Waals surface area (Å²) < 4.78 is 0. The zero-order valence-electron chi connectivity index (χ0n) is 13.3. The molecule has 0 atom stereocenters. The molecule has 1 fully saturated rings. The Morgan fingerprint density at radius 2 is 1.92 bits per heavy atom. The van der Waals surface area contributed by atoms with Crippen molar-refractivity contribution in [3.05, 3.63) is 46.3 Å². The summed E-state index contributed by atoms with van der Waals surface area (Å²) in [6, 6.07) is 4.91. The first-order valence-electron chi connectivity index (χ1n) is 7.86. The lowest BCUT2D eigenvalue weighted by Crippen LogP contribution is -2.33. The van der Waals surface area contributed by atoms with Gasteiger partial charge in [0.2, 0.25) is 0 Å². The highest BCUT2D eigenvalue weighted by molar-refractivity contribution is 6.42. The van der Waals surface area contributed by atoms with Crippen LogP contribution in [0.1, 0.15) is 30.3 Å².